The lowest BCUT2D eigenvalue weighted by molar-refractivity contribution is -0.116. The van der Waals surface area contributed by atoms with Gasteiger partial charge >= 0.3 is 5.97 Å². The molecule has 4 nitrogen and oxygen atoms in total. The molecular weight excluding hydrogens is 297 g/mol. The van der Waals surface area contributed by atoms with E-state index in [4.69, 9.17) is 4.74 Å². The highest BCUT2D eigenvalue weighted by Gasteiger charge is 2.07. The first-order valence-electron chi connectivity index (χ1n) is 7.40. The lowest BCUT2D eigenvalue weighted by atomic mass is 10.1. The predicted octanol–water partition coefficient (Wildman–Crippen LogP) is 3.57. The number of ether oxygens (including phenoxy) is 1. The van der Waals surface area contributed by atoms with Crippen LogP contribution in [0.15, 0.2) is 48.5 Å². The van der Waals surface area contributed by atoms with Gasteiger partial charge in [-0.05, 0) is 55.3 Å². The lowest BCUT2D eigenvalue weighted by Gasteiger charge is -2.07. The Morgan fingerprint density at radius 1 is 1.13 bits per heavy atom. The largest absolute Gasteiger partial charge is 0.462 e. The number of hydrogen-bond acceptors (Lipinski definition) is 3. The van der Waals surface area contributed by atoms with Crippen LogP contribution in [-0.2, 0) is 16.0 Å². The average molecular weight is 315 g/mol. The Hall–Kier alpha value is -2.69. The van der Waals surface area contributed by atoms with E-state index >= 15 is 0 Å². The molecule has 0 aliphatic heterocycles. The van der Waals surface area contributed by atoms with Gasteiger partial charge in [0.25, 0.3) is 0 Å². The van der Waals surface area contributed by atoms with E-state index in [1.165, 1.54) is 12.1 Å². The van der Waals surface area contributed by atoms with E-state index in [2.05, 4.69) is 5.32 Å². The number of aryl methyl sites for hydroxylation is 1. The molecule has 0 atom stereocenters. The molecular formula is C18H18FNO3. The van der Waals surface area contributed by atoms with E-state index in [0.717, 1.165) is 5.56 Å². The molecule has 0 spiro atoms. The van der Waals surface area contributed by atoms with Gasteiger partial charge in [-0.2, -0.15) is 0 Å². The van der Waals surface area contributed by atoms with Crippen LogP contribution in [0.4, 0.5) is 10.1 Å². The second-order valence-corrected chi connectivity index (χ2v) is 4.98. The highest BCUT2D eigenvalue weighted by atomic mass is 19.1. The number of amides is 1. The maximum Gasteiger partial charge on any atom is 0.338 e. The molecule has 0 aliphatic rings. The summed E-state index contributed by atoms with van der Waals surface area (Å²) in [4.78, 5) is 23.4. The van der Waals surface area contributed by atoms with Crippen molar-refractivity contribution in [1.29, 1.82) is 0 Å². The van der Waals surface area contributed by atoms with Crippen molar-refractivity contribution in [1.82, 2.24) is 0 Å². The molecule has 5 heteroatoms. The minimum atomic E-state index is -0.392. The molecule has 1 N–H and O–H groups in total. The summed E-state index contributed by atoms with van der Waals surface area (Å²) < 4.78 is 17.9. The van der Waals surface area contributed by atoms with Crippen molar-refractivity contribution in [2.45, 2.75) is 19.8 Å². The van der Waals surface area contributed by atoms with Crippen molar-refractivity contribution in [3.05, 3.63) is 65.5 Å². The van der Waals surface area contributed by atoms with Crippen LogP contribution in [0.1, 0.15) is 29.3 Å². The first-order valence-corrected chi connectivity index (χ1v) is 7.40. The standard InChI is InChI=1S/C18H18FNO3/c1-2-23-18(22)14-7-9-16(10-8-14)20-17(21)11-6-13-4-3-5-15(19)12-13/h3-5,7-10,12H,2,6,11H2,1H3,(H,20,21). The van der Waals surface area contributed by atoms with E-state index < -0.39 is 5.97 Å². The number of rotatable bonds is 6. The number of carbonyl (C=O) groups excluding carboxylic acids is 2. The van der Waals surface area contributed by atoms with Crippen LogP contribution in [0.25, 0.3) is 0 Å². The van der Waals surface area contributed by atoms with Gasteiger partial charge in [-0.3, -0.25) is 4.79 Å². The number of benzene rings is 2. The van der Waals surface area contributed by atoms with Crippen molar-refractivity contribution < 1.29 is 18.7 Å². The summed E-state index contributed by atoms with van der Waals surface area (Å²) in [5, 5.41) is 2.74. The minimum Gasteiger partial charge on any atom is -0.462 e. The summed E-state index contributed by atoms with van der Waals surface area (Å²) in [6.07, 6.45) is 0.716. The summed E-state index contributed by atoms with van der Waals surface area (Å²) in [6.45, 7) is 2.06. The molecule has 1 amide bonds. The number of hydrogen-bond donors (Lipinski definition) is 1. The quantitative estimate of drug-likeness (QED) is 0.829. The first-order chi connectivity index (χ1) is 11.1. The molecule has 0 aliphatic carbocycles. The first kappa shape index (κ1) is 16.7. The summed E-state index contributed by atoms with van der Waals surface area (Å²) in [5.74, 6) is -0.868. The van der Waals surface area contributed by atoms with Crippen LogP contribution in [0.3, 0.4) is 0 Å². The predicted molar refractivity (Wildman–Crippen MR) is 85.7 cm³/mol. The van der Waals surface area contributed by atoms with Gasteiger partial charge in [0.2, 0.25) is 5.91 Å². The molecule has 0 aromatic heterocycles. The van der Waals surface area contributed by atoms with Gasteiger partial charge in [0, 0.05) is 12.1 Å². The van der Waals surface area contributed by atoms with Crippen molar-refractivity contribution in [3.63, 3.8) is 0 Å². The van der Waals surface area contributed by atoms with E-state index in [-0.39, 0.29) is 18.1 Å². The minimum absolute atomic E-state index is 0.168. The van der Waals surface area contributed by atoms with Gasteiger partial charge in [-0.15, -0.1) is 0 Å². The molecule has 120 valence electrons. The van der Waals surface area contributed by atoms with Crippen LogP contribution in [-0.4, -0.2) is 18.5 Å². The van der Waals surface area contributed by atoms with E-state index in [1.54, 1.807) is 43.3 Å². The van der Waals surface area contributed by atoms with Crippen LogP contribution in [0.5, 0.6) is 0 Å². The maximum absolute atomic E-state index is 13.1. The van der Waals surface area contributed by atoms with Gasteiger partial charge in [0.1, 0.15) is 5.82 Å². The third-order valence-corrected chi connectivity index (χ3v) is 3.21. The zero-order chi connectivity index (χ0) is 16.7. The third-order valence-electron chi connectivity index (χ3n) is 3.21. The molecule has 0 radical (unpaired) electrons. The molecule has 2 rings (SSSR count). The Balaban J connectivity index is 1.86. The van der Waals surface area contributed by atoms with Crippen molar-refractivity contribution in [2.75, 3.05) is 11.9 Å². The normalized spacial score (nSPS) is 10.2. The Bertz CT molecular complexity index is 683. The van der Waals surface area contributed by atoms with Gasteiger partial charge in [-0.1, -0.05) is 12.1 Å². The molecule has 0 saturated carbocycles. The molecule has 0 fully saturated rings. The van der Waals surface area contributed by atoms with E-state index in [0.29, 0.717) is 24.3 Å². The van der Waals surface area contributed by atoms with E-state index in [1.807, 2.05) is 0 Å². The Kier molecular flexibility index (Phi) is 5.86. The smallest absolute Gasteiger partial charge is 0.338 e. The number of anilines is 1. The fourth-order valence-corrected chi connectivity index (χ4v) is 2.08. The molecule has 0 heterocycles. The van der Waals surface area contributed by atoms with Gasteiger partial charge in [0.05, 0.1) is 12.2 Å². The number of carbonyl (C=O) groups is 2. The molecule has 0 saturated heterocycles. The summed E-state index contributed by atoms with van der Waals surface area (Å²) in [6, 6.07) is 12.7. The van der Waals surface area contributed by atoms with Gasteiger partial charge < -0.3 is 10.1 Å². The molecule has 0 unspecified atom stereocenters. The SMILES string of the molecule is CCOC(=O)c1ccc(NC(=O)CCc2cccc(F)c2)cc1. The topological polar surface area (TPSA) is 55.4 Å². The van der Waals surface area contributed by atoms with Crippen molar-refractivity contribution >= 4 is 17.6 Å². The zero-order valence-corrected chi connectivity index (χ0v) is 12.8. The molecule has 23 heavy (non-hydrogen) atoms. The molecule has 2 aromatic carbocycles. The number of esters is 1. The third kappa shape index (κ3) is 5.21. The highest BCUT2D eigenvalue weighted by Crippen LogP contribution is 2.12. The fraction of sp³-hybridized carbons (Fsp3) is 0.222. The summed E-state index contributed by atoms with van der Waals surface area (Å²) in [5.41, 5.74) is 1.81. The second-order valence-electron chi connectivity index (χ2n) is 4.98. The van der Waals surface area contributed by atoms with Crippen LogP contribution < -0.4 is 5.32 Å². The van der Waals surface area contributed by atoms with E-state index in [9.17, 15) is 14.0 Å². The van der Waals surface area contributed by atoms with Crippen LogP contribution in [0.2, 0.25) is 0 Å². The second kappa shape index (κ2) is 8.08. The zero-order valence-electron chi connectivity index (χ0n) is 12.8. The Labute approximate surface area is 134 Å². The van der Waals surface area contributed by atoms with Crippen molar-refractivity contribution in [2.24, 2.45) is 0 Å². The summed E-state index contributed by atoms with van der Waals surface area (Å²) in [7, 11) is 0. The molecule has 0 bridgehead atoms. The van der Waals surface area contributed by atoms with Crippen molar-refractivity contribution in [3.8, 4) is 0 Å². The number of halogens is 1. The lowest BCUT2D eigenvalue weighted by Crippen LogP contribution is -2.12. The maximum atomic E-state index is 13.1. The molecule has 2 aromatic rings. The summed E-state index contributed by atoms with van der Waals surface area (Å²) >= 11 is 0. The Morgan fingerprint density at radius 3 is 2.52 bits per heavy atom. The van der Waals surface area contributed by atoms with Crippen LogP contribution in [0, 0.1) is 5.82 Å². The number of nitrogens with one attached hydrogen (secondary N) is 1. The average Bonchev–Trinajstić information content (AvgIpc) is 2.54. The fourth-order valence-electron chi connectivity index (χ4n) is 2.08. The van der Waals surface area contributed by atoms with Gasteiger partial charge in [0.15, 0.2) is 0 Å². The van der Waals surface area contributed by atoms with Gasteiger partial charge in [-0.25, -0.2) is 9.18 Å². The highest BCUT2D eigenvalue weighted by molar-refractivity contribution is 5.93. The van der Waals surface area contributed by atoms with Crippen LogP contribution >= 0.6 is 0 Å². The Morgan fingerprint density at radius 2 is 1.87 bits per heavy atom. The monoisotopic (exact) mass is 315 g/mol.